The second-order valence-corrected chi connectivity index (χ2v) is 6.83. The predicted octanol–water partition coefficient (Wildman–Crippen LogP) is 1.96. The molecule has 0 fully saturated rings. The fraction of sp³-hybridized carbons (Fsp3) is 0.357. The maximum absolute atomic E-state index is 13.9. The van der Waals surface area contributed by atoms with Crippen LogP contribution in [0.5, 0.6) is 5.75 Å². The maximum atomic E-state index is 13.9. The zero-order valence-corrected chi connectivity index (χ0v) is 12.8. The number of fused-ring (bicyclic) bond motifs is 1. The molecule has 2 aromatic rings. The Bertz CT molecular complexity index is 788. The van der Waals surface area contributed by atoms with Crippen LogP contribution in [0.1, 0.15) is 18.2 Å². The minimum atomic E-state index is -3.77. The molecular formula is C14H15FN2O4S. The van der Waals surface area contributed by atoms with Crippen LogP contribution in [-0.2, 0) is 23.0 Å². The van der Waals surface area contributed by atoms with Crippen LogP contribution in [0.15, 0.2) is 33.8 Å². The molecule has 1 aromatic carbocycles. The van der Waals surface area contributed by atoms with Crippen molar-refractivity contribution in [3.63, 3.8) is 0 Å². The van der Waals surface area contributed by atoms with Gasteiger partial charge in [-0.3, -0.25) is 0 Å². The zero-order chi connectivity index (χ0) is 15.7. The number of halogens is 1. The van der Waals surface area contributed by atoms with Crippen LogP contribution < -0.4 is 4.74 Å². The Hall–Kier alpha value is -1.93. The molecule has 0 N–H and O–H groups in total. The lowest BCUT2D eigenvalue weighted by molar-refractivity contribution is 0.320. The second kappa shape index (κ2) is 5.69. The number of hydrogen-bond donors (Lipinski definition) is 0. The van der Waals surface area contributed by atoms with Gasteiger partial charge in [0.2, 0.25) is 10.0 Å². The summed E-state index contributed by atoms with van der Waals surface area (Å²) in [6.07, 6.45) is 1.96. The Morgan fingerprint density at radius 1 is 1.45 bits per heavy atom. The highest BCUT2D eigenvalue weighted by Crippen LogP contribution is 2.27. The monoisotopic (exact) mass is 326 g/mol. The number of benzene rings is 1. The first-order chi connectivity index (χ1) is 10.5. The average molecular weight is 326 g/mol. The van der Waals surface area contributed by atoms with E-state index < -0.39 is 15.8 Å². The number of ether oxygens (including phenoxy) is 1. The number of aromatic nitrogens is 1. The number of hydrogen-bond acceptors (Lipinski definition) is 5. The summed E-state index contributed by atoms with van der Waals surface area (Å²) in [6.45, 7) is 2.50. The van der Waals surface area contributed by atoms with Gasteiger partial charge in [-0.1, -0.05) is 5.16 Å². The van der Waals surface area contributed by atoms with Crippen molar-refractivity contribution in [1.82, 2.24) is 9.46 Å². The molecule has 1 aliphatic rings. The smallest absolute Gasteiger partial charge is 0.243 e. The van der Waals surface area contributed by atoms with E-state index in [-0.39, 0.29) is 23.7 Å². The van der Waals surface area contributed by atoms with E-state index in [1.165, 1.54) is 22.6 Å². The molecule has 1 aliphatic heterocycles. The minimum Gasteiger partial charge on any atom is -0.491 e. The number of nitrogens with zero attached hydrogens (tertiary/aromatic N) is 2. The predicted molar refractivity (Wildman–Crippen MR) is 75.4 cm³/mol. The van der Waals surface area contributed by atoms with E-state index >= 15 is 0 Å². The summed E-state index contributed by atoms with van der Waals surface area (Å²) in [6, 6.07) is 3.68. The van der Waals surface area contributed by atoms with Gasteiger partial charge in [-0.25, -0.2) is 12.8 Å². The van der Waals surface area contributed by atoms with E-state index in [0.717, 1.165) is 11.6 Å². The summed E-state index contributed by atoms with van der Waals surface area (Å²) in [7, 11) is -3.77. The highest BCUT2D eigenvalue weighted by atomic mass is 32.2. The molecule has 3 rings (SSSR count). The Balaban J connectivity index is 1.89. The van der Waals surface area contributed by atoms with Gasteiger partial charge in [0.25, 0.3) is 0 Å². The second-order valence-electron chi connectivity index (χ2n) is 4.89. The molecule has 0 saturated heterocycles. The standard InChI is InChI=1S/C14H15FN2O4S/c1-2-20-14-4-3-11(7-12(14)15)22(18,19)17-6-5-13-10(9-17)8-16-21-13/h3-4,7-8H,2,5-6,9H2,1H3. The quantitative estimate of drug-likeness (QED) is 0.859. The summed E-state index contributed by atoms with van der Waals surface area (Å²) in [5.41, 5.74) is 0.737. The molecule has 118 valence electrons. The first-order valence-corrected chi connectivity index (χ1v) is 8.31. The summed E-state index contributed by atoms with van der Waals surface area (Å²) in [5.74, 6) is 0.0522. The average Bonchev–Trinajstić information content (AvgIpc) is 2.96. The molecule has 8 heteroatoms. The lowest BCUT2D eigenvalue weighted by Gasteiger charge is -2.25. The van der Waals surface area contributed by atoms with Gasteiger partial charge in [0.1, 0.15) is 5.76 Å². The molecule has 0 spiro atoms. The van der Waals surface area contributed by atoms with Crippen molar-refractivity contribution < 1.29 is 22.1 Å². The Morgan fingerprint density at radius 2 is 2.27 bits per heavy atom. The first-order valence-electron chi connectivity index (χ1n) is 6.87. The highest BCUT2D eigenvalue weighted by molar-refractivity contribution is 7.89. The van der Waals surface area contributed by atoms with E-state index in [1.54, 1.807) is 6.92 Å². The Kier molecular flexibility index (Phi) is 3.88. The van der Waals surface area contributed by atoms with E-state index in [0.29, 0.717) is 18.8 Å². The van der Waals surface area contributed by atoms with Crippen LogP contribution in [0.2, 0.25) is 0 Å². The maximum Gasteiger partial charge on any atom is 0.243 e. The molecule has 0 saturated carbocycles. The van der Waals surface area contributed by atoms with Crippen LogP contribution in [-0.4, -0.2) is 31.0 Å². The van der Waals surface area contributed by atoms with Gasteiger partial charge in [0.05, 0.1) is 17.7 Å². The topological polar surface area (TPSA) is 72.6 Å². The van der Waals surface area contributed by atoms with Gasteiger partial charge in [-0.05, 0) is 25.1 Å². The normalized spacial score (nSPS) is 15.5. The Morgan fingerprint density at radius 3 is 3.00 bits per heavy atom. The van der Waals surface area contributed by atoms with Gasteiger partial charge in [0.15, 0.2) is 11.6 Å². The molecule has 0 radical (unpaired) electrons. The SMILES string of the molecule is CCOc1ccc(S(=O)(=O)N2CCc3oncc3C2)cc1F. The van der Waals surface area contributed by atoms with Gasteiger partial charge in [-0.2, -0.15) is 4.31 Å². The summed E-state index contributed by atoms with van der Waals surface area (Å²) < 4.78 is 50.5. The van der Waals surface area contributed by atoms with Crippen LogP contribution in [0.3, 0.4) is 0 Å². The number of sulfonamides is 1. The van der Waals surface area contributed by atoms with Gasteiger partial charge in [-0.15, -0.1) is 0 Å². The van der Waals surface area contributed by atoms with Crippen LogP contribution in [0.25, 0.3) is 0 Å². The molecule has 1 aromatic heterocycles. The first kappa shape index (κ1) is 15.0. The third-order valence-corrected chi connectivity index (χ3v) is 5.35. The van der Waals surface area contributed by atoms with Crippen molar-refractivity contribution in [3.8, 4) is 5.75 Å². The van der Waals surface area contributed by atoms with E-state index in [4.69, 9.17) is 9.26 Å². The molecule has 0 unspecified atom stereocenters. The third-order valence-electron chi connectivity index (χ3n) is 3.51. The molecule has 22 heavy (non-hydrogen) atoms. The van der Waals surface area contributed by atoms with Crippen molar-refractivity contribution >= 4 is 10.0 Å². The summed E-state index contributed by atoms with van der Waals surface area (Å²) in [5, 5.41) is 3.67. The largest absolute Gasteiger partial charge is 0.491 e. The van der Waals surface area contributed by atoms with Crippen LogP contribution in [0.4, 0.5) is 4.39 Å². The Labute approximate surface area is 127 Å². The van der Waals surface area contributed by atoms with Gasteiger partial charge in [0, 0.05) is 25.1 Å². The van der Waals surface area contributed by atoms with E-state index in [9.17, 15) is 12.8 Å². The van der Waals surface area contributed by atoms with Crippen molar-refractivity contribution in [2.45, 2.75) is 24.8 Å². The van der Waals surface area contributed by atoms with Crippen molar-refractivity contribution in [2.24, 2.45) is 0 Å². The minimum absolute atomic E-state index is 0.0430. The molecule has 0 bridgehead atoms. The lowest BCUT2D eigenvalue weighted by Crippen LogP contribution is -2.35. The number of rotatable bonds is 4. The van der Waals surface area contributed by atoms with E-state index in [2.05, 4.69) is 5.16 Å². The van der Waals surface area contributed by atoms with Crippen molar-refractivity contribution in [3.05, 3.63) is 41.5 Å². The molecule has 0 amide bonds. The molecule has 2 heterocycles. The zero-order valence-electron chi connectivity index (χ0n) is 12.0. The summed E-state index contributed by atoms with van der Waals surface area (Å²) >= 11 is 0. The fourth-order valence-corrected chi connectivity index (χ4v) is 3.81. The van der Waals surface area contributed by atoms with Crippen LogP contribution >= 0.6 is 0 Å². The molecule has 6 nitrogen and oxygen atoms in total. The third kappa shape index (κ3) is 2.59. The fourth-order valence-electron chi connectivity index (χ4n) is 2.38. The molecular weight excluding hydrogens is 311 g/mol. The van der Waals surface area contributed by atoms with E-state index in [1.807, 2.05) is 0 Å². The van der Waals surface area contributed by atoms with Crippen LogP contribution in [0, 0.1) is 5.82 Å². The highest BCUT2D eigenvalue weighted by Gasteiger charge is 2.30. The van der Waals surface area contributed by atoms with Gasteiger partial charge < -0.3 is 9.26 Å². The molecule has 0 atom stereocenters. The van der Waals surface area contributed by atoms with Gasteiger partial charge >= 0.3 is 0 Å². The summed E-state index contributed by atoms with van der Waals surface area (Å²) in [4.78, 5) is -0.0895. The van der Waals surface area contributed by atoms with Crippen molar-refractivity contribution in [1.29, 1.82) is 0 Å². The molecule has 0 aliphatic carbocycles. The van der Waals surface area contributed by atoms with Crippen molar-refractivity contribution in [2.75, 3.05) is 13.2 Å². The lowest BCUT2D eigenvalue weighted by atomic mass is 10.1.